The molecule has 7 heteroatoms. The van der Waals surface area contributed by atoms with Crippen LogP contribution in [0.3, 0.4) is 0 Å². The van der Waals surface area contributed by atoms with Gasteiger partial charge in [0.05, 0.1) is 23.8 Å². The first-order valence-electron chi connectivity index (χ1n) is 7.37. The van der Waals surface area contributed by atoms with Crippen LogP contribution in [0.25, 0.3) is 0 Å². The number of phenolic OH excluding ortho intramolecular Hbond substituents is 1. The van der Waals surface area contributed by atoms with Gasteiger partial charge in [-0.1, -0.05) is 46.1 Å². The molecule has 0 unspecified atom stereocenters. The van der Waals surface area contributed by atoms with Gasteiger partial charge >= 0.3 is 0 Å². The van der Waals surface area contributed by atoms with Crippen LogP contribution < -0.4 is 14.8 Å². The Bertz CT molecular complexity index is 702. The van der Waals surface area contributed by atoms with Gasteiger partial charge in [0.15, 0.2) is 17.2 Å². The fourth-order valence-corrected chi connectivity index (χ4v) is 3.01. The summed E-state index contributed by atoms with van der Waals surface area (Å²) in [7, 11) is 1.61. The van der Waals surface area contributed by atoms with E-state index in [1.165, 1.54) is 0 Å². The maximum absolute atomic E-state index is 9.60. The molecule has 0 aliphatic carbocycles. The van der Waals surface area contributed by atoms with Crippen LogP contribution in [0.1, 0.15) is 18.9 Å². The molecule has 2 aromatic carbocycles. The smallest absolute Gasteiger partial charge is 0.162 e. The molecular weight excluding hydrogens is 417 g/mol. The highest BCUT2D eigenvalue weighted by atomic mass is 79.9. The van der Waals surface area contributed by atoms with Crippen molar-refractivity contribution in [2.24, 2.45) is 0 Å². The van der Waals surface area contributed by atoms with Crippen LogP contribution in [-0.2, 0) is 6.54 Å². The van der Waals surface area contributed by atoms with E-state index >= 15 is 0 Å². The van der Waals surface area contributed by atoms with Crippen molar-refractivity contribution in [2.75, 3.05) is 19.0 Å². The summed E-state index contributed by atoms with van der Waals surface area (Å²) in [5.74, 6) is 1.25. The first kappa shape index (κ1) is 19.0. The van der Waals surface area contributed by atoms with Crippen LogP contribution in [0, 0.1) is 0 Å². The summed E-state index contributed by atoms with van der Waals surface area (Å²) >= 11 is 15.4. The molecule has 0 heterocycles. The fourth-order valence-electron chi connectivity index (χ4n) is 2.06. The van der Waals surface area contributed by atoms with Gasteiger partial charge in [-0.15, -0.1) is 0 Å². The lowest BCUT2D eigenvalue weighted by Crippen LogP contribution is -2.03. The van der Waals surface area contributed by atoms with Crippen LogP contribution >= 0.6 is 39.1 Å². The van der Waals surface area contributed by atoms with Gasteiger partial charge in [-0.3, -0.25) is 0 Å². The lowest BCUT2D eigenvalue weighted by atomic mass is 10.2. The minimum absolute atomic E-state index is 0.121. The van der Waals surface area contributed by atoms with E-state index in [4.69, 9.17) is 32.7 Å². The summed E-state index contributed by atoms with van der Waals surface area (Å²) < 4.78 is 12.0. The molecule has 2 rings (SSSR count). The van der Waals surface area contributed by atoms with Crippen LogP contribution in [-0.4, -0.2) is 18.8 Å². The average molecular weight is 435 g/mol. The van der Waals surface area contributed by atoms with Crippen LogP contribution in [0.2, 0.25) is 10.0 Å². The third-order valence-electron chi connectivity index (χ3n) is 3.29. The van der Waals surface area contributed by atoms with Crippen molar-refractivity contribution in [3.05, 3.63) is 44.3 Å². The quantitative estimate of drug-likeness (QED) is 0.535. The second-order valence-electron chi connectivity index (χ2n) is 5.08. The van der Waals surface area contributed by atoms with Crippen molar-refractivity contribution in [3.8, 4) is 17.2 Å². The van der Waals surface area contributed by atoms with Crippen LogP contribution in [0.5, 0.6) is 17.2 Å². The van der Waals surface area contributed by atoms with Gasteiger partial charge in [0.1, 0.15) is 0 Å². The number of benzene rings is 2. The molecule has 0 radical (unpaired) electrons. The number of methoxy groups -OCH3 is 1. The number of rotatable bonds is 7. The molecule has 2 aromatic rings. The minimum atomic E-state index is -0.121. The molecule has 0 bridgehead atoms. The number of hydrogen-bond acceptors (Lipinski definition) is 4. The monoisotopic (exact) mass is 433 g/mol. The minimum Gasteiger partial charge on any atom is -0.505 e. The molecule has 0 fully saturated rings. The Morgan fingerprint density at radius 1 is 1.12 bits per heavy atom. The number of nitrogens with one attached hydrogen (secondary N) is 1. The molecule has 4 nitrogen and oxygen atoms in total. The average Bonchev–Trinajstić information content (AvgIpc) is 2.56. The van der Waals surface area contributed by atoms with E-state index in [2.05, 4.69) is 21.2 Å². The summed E-state index contributed by atoms with van der Waals surface area (Å²) in [5.41, 5.74) is 1.69. The van der Waals surface area contributed by atoms with E-state index in [0.717, 1.165) is 16.5 Å². The topological polar surface area (TPSA) is 50.7 Å². The van der Waals surface area contributed by atoms with Crippen molar-refractivity contribution < 1.29 is 14.6 Å². The van der Waals surface area contributed by atoms with Gasteiger partial charge in [0.25, 0.3) is 0 Å². The molecule has 130 valence electrons. The van der Waals surface area contributed by atoms with Crippen molar-refractivity contribution in [2.45, 2.75) is 19.9 Å². The Morgan fingerprint density at radius 3 is 2.38 bits per heavy atom. The summed E-state index contributed by atoms with van der Waals surface area (Å²) in [6.07, 6.45) is 0.923. The molecule has 0 aliphatic rings. The molecule has 0 atom stereocenters. The lowest BCUT2D eigenvalue weighted by molar-refractivity contribution is 0.294. The second kappa shape index (κ2) is 8.70. The third kappa shape index (κ3) is 4.62. The first-order valence-corrected chi connectivity index (χ1v) is 8.92. The molecule has 0 amide bonds. The summed E-state index contributed by atoms with van der Waals surface area (Å²) in [4.78, 5) is 0. The van der Waals surface area contributed by atoms with E-state index in [0.29, 0.717) is 30.3 Å². The SMILES string of the molecule is CCCOc1cc(Br)c(CNc2cc(Cl)c(O)c(Cl)c2)cc1OC. The Morgan fingerprint density at radius 2 is 1.79 bits per heavy atom. The molecule has 0 aliphatic heterocycles. The van der Waals surface area contributed by atoms with E-state index in [1.807, 2.05) is 19.1 Å². The van der Waals surface area contributed by atoms with Crippen molar-refractivity contribution >= 4 is 44.8 Å². The number of aromatic hydroxyl groups is 1. The standard InChI is InChI=1S/C17H18BrCl2NO3/c1-3-4-24-16-8-12(18)10(5-15(16)23-2)9-21-11-6-13(19)17(22)14(20)7-11/h5-8,21-22H,3-4,9H2,1-2H3. The van der Waals surface area contributed by atoms with E-state index < -0.39 is 0 Å². The Labute approximate surface area is 159 Å². The number of phenols is 1. The molecule has 0 aromatic heterocycles. The highest BCUT2D eigenvalue weighted by Gasteiger charge is 2.11. The molecule has 0 spiro atoms. The number of ether oxygens (including phenoxy) is 2. The van der Waals surface area contributed by atoms with Crippen molar-refractivity contribution in [3.63, 3.8) is 0 Å². The van der Waals surface area contributed by atoms with Crippen molar-refractivity contribution in [1.29, 1.82) is 0 Å². The zero-order valence-corrected chi connectivity index (χ0v) is 16.4. The van der Waals surface area contributed by atoms with E-state index in [-0.39, 0.29) is 15.8 Å². The molecule has 0 saturated heterocycles. The highest BCUT2D eigenvalue weighted by molar-refractivity contribution is 9.10. The lowest BCUT2D eigenvalue weighted by Gasteiger charge is -2.15. The normalized spacial score (nSPS) is 10.5. The molecule has 24 heavy (non-hydrogen) atoms. The predicted octanol–water partition coefficient (Wildman–Crippen LogP) is 5.87. The van der Waals surface area contributed by atoms with Gasteiger partial charge in [0.2, 0.25) is 0 Å². The van der Waals surface area contributed by atoms with Gasteiger partial charge in [-0.25, -0.2) is 0 Å². The largest absolute Gasteiger partial charge is 0.505 e. The predicted molar refractivity (Wildman–Crippen MR) is 102 cm³/mol. The van der Waals surface area contributed by atoms with Crippen molar-refractivity contribution in [1.82, 2.24) is 0 Å². The first-order chi connectivity index (χ1) is 11.5. The van der Waals surface area contributed by atoms with Gasteiger partial charge in [-0.2, -0.15) is 0 Å². The highest BCUT2D eigenvalue weighted by Crippen LogP contribution is 2.36. The van der Waals surface area contributed by atoms with Gasteiger partial charge in [0, 0.05) is 16.7 Å². The zero-order valence-electron chi connectivity index (χ0n) is 13.3. The van der Waals surface area contributed by atoms with E-state index in [9.17, 15) is 5.11 Å². The zero-order chi connectivity index (χ0) is 17.7. The molecule has 2 N–H and O–H groups in total. The Balaban J connectivity index is 2.18. The fraction of sp³-hybridized carbons (Fsp3) is 0.294. The Hall–Kier alpha value is -1.30. The number of hydrogen-bond donors (Lipinski definition) is 2. The van der Waals surface area contributed by atoms with Crippen LogP contribution in [0.4, 0.5) is 5.69 Å². The summed E-state index contributed by atoms with van der Waals surface area (Å²) in [6, 6.07) is 7.03. The summed E-state index contributed by atoms with van der Waals surface area (Å²) in [6.45, 7) is 3.20. The maximum Gasteiger partial charge on any atom is 0.162 e. The number of anilines is 1. The molecule has 0 saturated carbocycles. The summed E-state index contributed by atoms with van der Waals surface area (Å²) in [5, 5.41) is 13.2. The number of halogens is 3. The third-order valence-corrected chi connectivity index (χ3v) is 4.61. The van der Waals surface area contributed by atoms with E-state index in [1.54, 1.807) is 19.2 Å². The second-order valence-corrected chi connectivity index (χ2v) is 6.75. The molecular formula is C17H18BrCl2NO3. The van der Waals surface area contributed by atoms with Gasteiger partial charge < -0.3 is 19.9 Å². The van der Waals surface area contributed by atoms with Gasteiger partial charge in [-0.05, 0) is 36.2 Å². The van der Waals surface area contributed by atoms with Crippen LogP contribution in [0.15, 0.2) is 28.7 Å². The Kier molecular flexibility index (Phi) is 6.90. The maximum atomic E-state index is 9.60.